The molecule has 1 aliphatic carbocycles. The summed E-state index contributed by atoms with van der Waals surface area (Å²) in [5, 5.41) is 22.2. The van der Waals surface area contributed by atoms with Gasteiger partial charge in [0.15, 0.2) is 5.82 Å². The summed E-state index contributed by atoms with van der Waals surface area (Å²) in [7, 11) is 0. The summed E-state index contributed by atoms with van der Waals surface area (Å²) in [6.45, 7) is 0. The molecule has 5 nitrogen and oxygen atoms in total. The minimum absolute atomic E-state index is 0.0710. The van der Waals surface area contributed by atoms with Crippen molar-refractivity contribution in [2.24, 2.45) is 0 Å². The molecule has 5 heteroatoms. The van der Waals surface area contributed by atoms with E-state index in [0.29, 0.717) is 11.7 Å². The highest BCUT2D eigenvalue weighted by molar-refractivity contribution is 5.38. The van der Waals surface area contributed by atoms with Crippen molar-refractivity contribution in [3.8, 4) is 6.07 Å². The smallest absolute Gasteiger partial charge is 0.229 e. The van der Waals surface area contributed by atoms with Crippen LogP contribution >= 0.6 is 0 Å². The Morgan fingerprint density at radius 2 is 2.10 bits per heavy atom. The van der Waals surface area contributed by atoms with E-state index in [9.17, 15) is 5.11 Å². The van der Waals surface area contributed by atoms with E-state index in [4.69, 9.17) is 9.78 Å². The Kier molecular flexibility index (Phi) is 3.25. The number of rotatable bonds is 5. The van der Waals surface area contributed by atoms with Crippen molar-refractivity contribution in [1.29, 1.82) is 5.26 Å². The zero-order valence-corrected chi connectivity index (χ0v) is 11.0. The summed E-state index contributed by atoms with van der Waals surface area (Å²) >= 11 is 0. The van der Waals surface area contributed by atoms with Crippen molar-refractivity contribution in [3.63, 3.8) is 0 Å². The predicted molar refractivity (Wildman–Crippen MR) is 70.7 cm³/mol. The molecule has 1 aliphatic rings. The summed E-state index contributed by atoms with van der Waals surface area (Å²) in [5.74, 6) is 1.08. The van der Waals surface area contributed by atoms with Gasteiger partial charge in [0.25, 0.3) is 0 Å². The average molecular weight is 269 g/mol. The van der Waals surface area contributed by atoms with E-state index in [1.165, 1.54) is 5.56 Å². The quantitative estimate of drug-likeness (QED) is 0.897. The van der Waals surface area contributed by atoms with Gasteiger partial charge in [0, 0.05) is 0 Å². The van der Waals surface area contributed by atoms with E-state index in [1.54, 1.807) is 0 Å². The second kappa shape index (κ2) is 5.06. The molecule has 0 spiro atoms. The second-order valence-corrected chi connectivity index (χ2v) is 5.18. The van der Waals surface area contributed by atoms with E-state index in [0.717, 1.165) is 12.8 Å². The summed E-state index contributed by atoms with van der Waals surface area (Å²) in [6.07, 6.45) is 1.57. The minimum atomic E-state index is -0.750. The third-order valence-corrected chi connectivity index (χ3v) is 3.71. The van der Waals surface area contributed by atoms with Crippen LogP contribution in [-0.4, -0.2) is 21.4 Å². The van der Waals surface area contributed by atoms with Gasteiger partial charge in [-0.05, 0) is 18.4 Å². The molecule has 3 rings (SSSR count). The van der Waals surface area contributed by atoms with Crippen LogP contribution in [0.1, 0.15) is 36.5 Å². The maximum Gasteiger partial charge on any atom is 0.229 e. The molecule has 0 amide bonds. The third kappa shape index (κ3) is 2.30. The van der Waals surface area contributed by atoms with Crippen molar-refractivity contribution >= 4 is 0 Å². The van der Waals surface area contributed by atoms with Gasteiger partial charge in [-0.3, -0.25) is 0 Å². The van der Waals surface area contributed by atoms with E-state index in [-0.39, 0.29) is 18.3 Å². The molecule has 1 aromatic heterocycles. The fraction of sp³-hybridized carbons (Fsp3) is 0.400. The highest BCUT2D eigenvalue weighted by Gasteiger charge is 2.49. The molecule has 102 valence electrons. The lowest BCUT2D eigenvalue weighted by atomic mass is 9.95. The van der Waals surface area contributed by atoms with Crippen molar-refractivity contribution in [2.45, 2.75) is 37.2 Å². The van der Waals surface area contributed by atoms with Gasteiger partial charge in [0.05, 0.1) is 30.4 Å². The number of nitrogens with zero attached hydrogens (tertiary/aromatic N) is 3. The molecular weight excluding hydrogens is 254 g/mol. The largest absolute Gasteiger partial charge is 0.392 e. The average Bonchev–Trinajstić information content (AvgIpc) is 3.15. The van der Waals surface area contributed by atoms with Crippen LogP contribution in [0.2, 0.25) is 0 Å². The summed E-state index contributed by atoms with van der Waals surface area (Å²) in [6, 6.07) is 12.1. The zero-order chi connectivity index (χ0) is 14.0. The number of aromatic nitrogens is 2. The molecule has 0 saturated heterocycles. The van der Waals surface area contributed by atoms with E-state index in [2.05, 4.69) is 22.3 Å². The molecule has 20 heavy (non-hydrogen) atoms. The SMILES string of the molecule is N#CCC(O)Cc1nc(C2(c3ccccc3)CC2)no1. The first kappa shape index (κ1) is 12.8. The maximum atomic E-state index is 9.60. The van der Waals surface area contributed by atoms with Gasteiger partial charge in [-0.25, -0.2) is 0 Å². The normalized spacial score (nSPS) is 17.4. The summed E-state index contributed by atoms with van der Waals surface area (Å²) in [5.41, 5.74) is 1.08. The second-order valence-electron chi connectivity index (χ2n) is 5.18. The molecule has 2 aromatic rings. The molecule has 1 aromatic carbocycles. The van der Waals surface area contributed by atoms with Crippen LogP contribution in [0.25, 0.3) is 0 Å². The topological polar surface area (TPSA) is 82.9 Å². The highest BCUT2D eigenvalue weighted by Crippen LogP contribution is 2.52. The Balaban J connectivity index is 1.79. The molecule has 0 aliphatic heterocycles. The van der Waals surface area contributed by atoms with E-state index >= 15 is 0 Å². The molecule has 1 fully saturated rings. The van der Waals surface area contributed by atoms with Crippen LogP contribution in [0.5, 0.6) is 0 Å². The number of aliphatic hydroxyl groups is 1. The van der Waals surface area contributed by atoms with Crippen LogP contribution < -0.4 is 0 Å². The molecule has 0 radical (unpaired) electrons. The number of nitriles is 1. The monoisotopic (exact) mass is 269 g/mol. The lowest BCUT2D eigenvalue weighted by Gasteiger charge is -2.10. The molecule has 1 N–H and O–H groups in total. The number of hydrogen-bond acceptors (Lipinski definition) is 5. The van der Waals surface area contributed by atoms with E-state index in [1.807, 2.05) is 24.3 Å². The number of hydrogen-bond donors (Lipinski definition) is 1. The van der Waals surface area contributed by atoms with Gasteiger partial charge < -0.3 is 9.63 Å². The first-order valence-electron chi connectivity index (χ1n) is 6.68. The van der Waals surface area contributed by atoms with Gasteiger partial charge >= 0.3 is 0 Å². The van der Waals surface area contributed by atoms with Crippen molar-refractivity contribution in [2.75, 3.05) is 0 Å². The molecule has 1 atom stereocenters. The Bertz CT molecular complexity index is 626. The number of benzene rings is 1. The van der Waals surface area contributed by atoms with Crippen molar-refractivity contribution in [3.05, 3.63) is 47.6 Å². The van der Waals surface area contributed by atoms with Crippen molar-refractivity contribution in [1.82, 2.24) is 10.1 Å². The fourth-order valence-corrected chi connectivity index (χ4v) is 2.43. The van der Waals surface area contributed by atoms with Crippen LogP contribution in [0.3, 0.4) is 0 Å². The lowest BCUT2D eigenvalue weighted by Crippen LogP contribution is -2.12. The van der Waals surface area contributed by atoms with Gasteiger partial charge in [-0.2, -0.15) is 10.2 Å². The van der Waals surface area contributed by atoms with Gasteiger partial charge in [-0.15, -0.1) is 0 Å². The van der Waals surface area contributed by atoms with E-state index < -0.39 is 6.10 Å². The van der Waals surface area contributed by atoms with Crippen LogP contribution in [0.15, 0.2) is 34.9 Å². The van der Waals surface area contributed by atoms with Crippen LogP contribution in [0.4, 0.5) is 0 Å². The standard InChI is InChI=1S/C15H15N3O2/c16-9-6-12(19)10-13-17-14(18-20-13)15(7-8-15)11-4-2-1-3-5-11/h1-5,12,19H,6-8,10H2. The van der Waals surface area contributed by atoms with Gasteiger partial charge in [0.2, 0.25) is 5.89 Å². The Morgan fingerprint density at radius 1 is 1.35 bits per heavy atom. The first-order chi connectivity index (χ1) is 9.74. The minimum Gasteiger partial charge on any atom is -0.392 e. The summed E-state index contributed by atoms with van der Waals surface area (Å²) in [4.78, 5) is 4.40. The Labute approximate surface area is 116 Å². The lowest BCUT2D eigenvalue weighted by molar-refractivity contribution is 0.167. The maximum absolute atomic E-state index is 9.60. The number of aliphatic hydroxyl groups excluding tert-OH is 1. The molecule has 1 unspecified atom stereocenters. The molecule has 0 bridgehead atoms. The third-order valence-electron chi connectivity index (χ3n) is 3.71. The van der Waals surface area contributed by atoms with Crippen LogP contribution in [-0.2, 0) is 11.8 Å². The molecule has 1 heterocycles. The fourth-order valence-electron chi connectivity index (χ4n) is 2.43. The Morgan fingerprint density at radius 3 is 2.75 bits per heavy atom. The zero-order valence-electron chi connectivity index (χ0n) is 11.0. The highest BCUT2D eigenvalue weighted by atomic mass is 16.5. The Hall–Kier alpha value is -2.19. The first-order valence-corrected chi connectivity index (χ1v) is 6.68. The summed E-state index contributed by atoms with van der Waals surface area (Å²) < 4.78 is 5.20. The molecular formula is C15H15N3O2. The van der Waals surface area contributed by atoms with Gasteiger partial charge in [0.1, 0.15) is 0 Å². The van der Waals surface area contributed by atoms with Gasteiger partial charge in [-0.1, -0.05) is 35.5 Å². The van der Waals surface area contributed by atoms with Crippen LogP contribution in [0, 0.1) is 11.3 Å². The predicted octanol–water partition coefficient (Wildman–Crippen LogP) is 1.97. The van der Waals surface area contributed by atoms with Crippen molar-refractivity contribution < 1.29 is 9.63 Å². The molecule has 1 saturated carbocycles.